The molecule has 2 rings (SSSR count). The summed E-state index contributed by atoms with van der Waals surface area (Å²) < 4.78 is 10.5. The molecule has 0 heterocycles. The number of alkyl carbamates (subject to hydrolysis) is 1. The van der Waals surface area contributed by atoms with E-state index >= 15 is 0 Å². The van der Waals surface area contributed by atoms with Gasteiger partial charge in [0, 0.05) is 6.42 Å². The van der Waals surface area contributed by atoms with Gasteiger partial charge < -0.3 is 30.7 Å². The van der Waals surface area contributed by atoms with Crippen molar-refractivity contribution in [3.63, 3.8) is 0 Å². The Morgan fingerprint density at radius 3 is 1.88 bits per heavy atom. The van der Waals surface area contributed by atoms with Gasteiger partial charge in [-0.1, -0.05) is 74.5 Å². The van der Waals surface area contributed by atoms with Crippen LogP contribution < -0.4 is 21.3 Å². The molecule has 0 unspecified atom stereocenters. The van der Waals surface area contributed by atoms with Crippen LogP contribution in [0.4, 0.5) is 4.79 Å². The van der Waals surface area contributed by atoms with E-state index < -0.39 is 60.6 Å². The van der Waals surface area contributed by atoms with Crippen molar-refractivity contribution in [2.24, 2.45) is 5.92 Å². The predicted octanol–water partition coefficient (Wildman–Crippen LogP) is 2.63. The Labute approximate surface area is 247 Å². The Hall–Kier alpha value is -4.41. The summed E-state index contributed by atoms with van der Waals surface area (Å²) in [6, 6.07) is 16.3. The third-order valence-corrected chi connectivity index (χ3v) is 5.70. The van der Waals surface area contributed by atoms with Crippen LogP contribution in [-0.4, -0.2) is 60.6 Å². The summed E-state index contributed by atoms with van der Waals surface area (Å²) in [6.45, 7) is 8.17. The number of ether oxygens (including phenoxy) is 2. The van der Waals surface area contributed by atoms with Crippen molar-refractivity contribution in [1.82, 2.24) is 21.3 Å². The van der Waals surface area contributed by atoms with Crippen LogP contribution in [0.2, 0.25) is 0 Å². The summed E-state index contributed by atoms with van der Waals surface area (Å²) >= 11 is 0. The van der Waals surface area contributed by atoms with E-state index in [1.54, 1.807) is 20.8 Å². The standard InChI is InChI=1S/C31H42N4O7/c1-21(2)16-25(29(39)41-20-23-14-10-7-11-15-23)35-28(38)24(17-22-12-8-6-9-13-22)34-27(37)19-32-26(36)18-33-30(40)42-31(3,4)5/h6-15,21,24-25H,16-20H2,1-5H3,(H,32,36)(H,33,40)(H,34,37)(H,35,38)/t24-,25-/m0/s1. The molecule has 0 saturated carbocycles. The number of carbonyl (C=O) groups is 5. The molecule has 0 aromatic heterocycles. The molecule has 0 aliphatic heterocycles. The maximum Gasteiger partial charge on any atom is 0.408 e. The fourth-order valence-electron chi connectivity index (χ4n) is 3.80. The van der Waals surface area contributed by atoms with Gasteiger partial charge in [0.25, 0.3) is 0 Å². The number of hydrogen-bond acceptors (Lipinski definition) is 7. The second-order valence-corrected chi connectivity index (χ2v) is 11.2. The molecule has 11 nitrogen and oxygen atoms in total. The lowest BCUT2D eigenvalue weighted by Crippen LogP contribution is -2.54. The van der Waals surface area contributed by atoms with Crippen LogP contribution >= 0.6 is 0 Å². The van der Waals surface area contributed by atoms with E-state index in [1.165, 1.54) is 0 Å². The molecule has 4 N–H and O–H groups in total. The van der Waals surface area contributed by atoms with Gasteiger partial charge in [-0.3, -0.25) is 14.4 Å². The zero-order valence-corrected chi connectivity index (χ0v) is 24.9. The second-order valence-electron chi connectivity index (χ2n) is 11.2. The van der Waals surface area contributed by atoms with Crippen LogP contribution in [0.5, 0.6) is 0 Å². The lowest BCUT2D eigenvalue weighted by Gasteiger charge is -2.24. The van der Waals surface area contributed by atoms with Gasteiger partial charge in [-0.15, -0.1) is 0 Å². The van der Waals surface area contributed by atoms with Crippen LogP contribution in [-0.2, 0) is 41.7 Å². The average Bonchev–Trinajstić information content (AvgIpc) is 2.93. The highest BCUT2D eigenvalue weighted by Crippen LogP contribution is 2.11. The molecule has 0 spiro atoms. The topological polar surface area (TPSA) is 152 Å². The van der Waals surface area contributed by atoms with Gasteiger partial charge in [0.05, 0.1) is 6.54 Å². The van der Waals surface area contributed by atoms with Gasteiger partial charge in [-0.05, 0) is 44.2 Å². The summed E-state index contributed by atoms with van der Waals surface area (Å²) in [5, 5.41) is 10.1. The molecule has 2 aromatic rings. The first-order valence-electron chi connectivity index (χ1n) is 13.9. The monoisotopic (exact) mass is 582 g/mol. The smallest absolute Gasteiger partial charge is 0.408 e. The number of rotatable bonds is 14. The maximum absolute atomic E-state index is 13.4. The van der Waals surface area contributed by atoms with Gasteiger partial charge in [0.2, 0.25) is 17.7 Å². The van der Waals surface area contributed by atoms with Crippen LogP contribution in [0.25, 0.3) is 0 Å². The predicted molar refractivity (Wildman–Crippen MR) is 157 cm³/mol. The number of benzene rings is 2. The number of nitrogens with one attached hydrogen (secondary N) is 4. The van der Waals surface area contributed by atoms with Gasteiger partial charge in [-0.2, -0.15) is 0 Å². The van der Waals surface area contributed by atoms with E-state index in [1.807, 2.05) is 74.5 Å². The molecule has 0 saturated heterocycles. The first-order chi connectivity index (χ1) is 19.8. The molecule has 0 radical (unpaired) electrons. The maximum atomic E-state index is 13.4. The van der Waals surface area contributed by atoms with E-state index in [9.17, 15) is 24.0 Å². The van der Waals surface area contributed by atoms with Crippen LogP contribution in [0.3, 0.4) is 0 Å². The third kappa shape index (κ3) is 13.8. The van der Waals surface area contributed by atoms with Crippen LogP contribution in [0.1, 0.15) is 52.2 Å². The van der Waals surface area contributed by atoms with Crippen LogP contribution in [0.15, 0.2) is 60.7 Å². The fourth-order valence-corrected chi connectivity index (χ4v) is 3.80. The average molecular weight is 583 g/mol. The number of esters is 1. The normalized spacial score (nSPS) is 12.4. The van der Waals surface area contributed by atoms with E-state index in [0.717, 1.165) is 11.1 Å². The molecule has 2 atom stereocenters. The largest absolute Gasteiger partial charge is 0.459 e. The minimum atomic E-state index is -1.03. The number of hydrogen-bond donors (Lipinski definition) is 4. The molecule has 4 amide bonds. The van der Waals surface area contributed by atoms with E-state index in [0.29, 0.717) is 6.42 Å². The van der Waals surface area contributed by atoms with E-state index in [4.69, 9.17) is 9.47 Å². The zero-order valence-electron chi connectivity index (χ0n) is 24.9. The van der Waals surface area contributed by atoms with Crippen molar-refractivity contribution < 1.29 is 33.4 Å². The summed E-state index contributed by atoms with van der Waals surface area (Å²) in [7, 11) is 0. The first-order valence-corrected chi connectivity index (χ1v) is 13.9. The highest BCUT2D eigenvalue weighted by atomic mass is 16.6. The van der Waals surface area contributed by atoms with Gasteiger partial charge in [0.15, 0.2) is 0 Å². The molecule has 11 heteroatoms. The summed E-state index contributed by atoms with van der Waals surface area (Å²) in [5.74, 6) is -2.30. The SMILES string of the molecule is CC(C)C[C@H](NC(=O)[C@H](Cc1ccccc1)NC(=O)CNC(=O)CNC(=O)OC(C)(C)C)C(=O)OCc1ccccc1. The van der Waals surface area contributed by atoms with E-state index in [-0.39, 0.29) is 18.9 Å². The van der Waals surface area contributed by atoms with Crippen molar-refractivity contribution >= 4 is 29.8 Å². The number of carbonyl (C=O) groups excluding carboxylic acids is 5. The van der Waals surface area contributed by atoms with Crippen molar-refractivity contribution in [2.45, 2.75) is 71.8 Å². The second kappa shape index (κ2) is 16.8. The summed E-state index contributed by atoms with van der Waals surface area (Å²) in [5.41, 5.74) is 0.885. The van der Waals surface area contributed by atoms with Crippen molar-refractivity contribution in [3.8, 4) is 0 Å². The highest BCUT2D eigenvalue weighted by Gasteiger charge is 2.29. The minimum absolute atomic E-state index is 0.0663. The molecular formula is C31H42N4O7. The highest BCUT2D eigenvalue weighted by molar-refractivity contribution is 5.92. The Morgan fingerprint density at radius 1 is 0.738 bits per heavy atom. The Morgan fingerprint density at radius 2 is 1.31 bits per heavy atom. The minimum Gasteiger partial charge on any atom is -0.459 e. The summed E-state index contributed by atoms with van der Waals surface area (Å²) in [4.78, 5) is 62.9. The zero-order chi connectivity index (χ0) is 31.1. The Bertz CT molecular complexity index is 1180. The Balaban J connectivity index is 2.02. The van der Waals surface area contributed by atoms with Gasteiger partial charge in [-0.25, -0.2) is 9.59 Å². The van der Waals surface area contributed by atoms with Crippen molar-refractivity contribution in [2.75, 3.05) is 13.1 Å². The fraction of sp³-hybridized carbons (Fsp3) is 0.452. The summed E-state index contributed by atoms with van der Waals surface area (Å²) in [6.07, 6.45) is -0.272. The molecular weight excluding hydrogens is 540 g/mol. The van der Waals surface area contributed by atoms with Crippen molar-refractivity contribution in [1.29, 1.82) is 0 Å². The molecule has 0 aliphatic rings. The quantitative estimate of drug-likeness (QED) is 0.250. The molecule has 0 aliphatic carbocycles. The van der Waals surface area contributed by atoms with Gasteiger partial charge in [0.1, 0.15) is 30.8 Å². The van der Waals surface area contributed by atoms with Gasteiger partial charge >= 0.3 is 12.1 Å². The van der Waals surface area contributed by atoms with Crippen LogP contribution in [0, 0.1) is 5.92 Å². The molecule has 0 bridgehead atoms. The molecule has 42 heavy (non-hydrogen) atoms. The van der Waals surface area contributed by atoms with E-state index in [2.05, 4.69) is 21.3 Å². The Kier molecular flexibility index (Phi) is 13.5. The molecule has 2 aromatic carbocycles. The lowest BCUT2D eigenvalue weighted by atomic mass is 10.0. The van der Waals surface area contributed by atoms with Crippen molar-refractivity contribution in [3.05, 3.63) is 71.8 Å². The lowest BCUT2D eigenvalue weighted by molar-refractivity contribution is -0.149. The third-order valence-electron chi connectivity index (χ3n) is 5.70. The first kappa shape index (κ1) is 33.8. The number of amides is 4. The molecule has 228 valence electrons. The molecule has 0 fully saturated rings.